The van der Waals surface area contributed by atoms with Crippen LogP contribution in [0.5, 0.6) is 11.5 Å². The molecule has 20 heavy (non-hydrogen) atoms. The summed E-state index contributed by atoms with van der Waals surface area (Å²) in [7, 11) is 1.54. The molecule has 4 heteroatoms. The summed E-state index contributed by atoms with van der Waals surface area (Å²) in [5, 5.41) is 8.94. The molecule has 0 amide bonds. The van der Waals surface area contributed by atoms with Crippen molar-refractivity contribution in [1.82, 2.24) is 0 Å². The quantitative estimate of drug-likeness (QED) is 0.865. The van der Waals surface area contributed by atoms with E-state index in [2.05, 4.69) is 6.07 Å². The van der Waals surface area contributed by atoms with E-state index in [1.165, 1.54) is 0 Å². The largest absolute Gasteiger partial charge is 0.495 e. The van der Waals surface area contributed by atoms with Crippen molar-refractivity contribution in [3.8, 4) is 17.6 Å². The average Bonchev–Trinajstić information content (AvgIpc) is 2.48. The maximum Gasteiger partial charge on any atom is 0.137 e. The zero-order valence-corrected chi connectivity index (χ0v) is 11.5. The molecular weight excluding hydrogens is 252 g/mol. The average molecular weight is 268 g/mol. The second-order valence-electron chi connectivity index (χ2n) is 4.41. The van der Waals surface area contributed by atoms with Crippen molar-refractivity contribution in [2.75, 3.05) is 12.8 Å². The first-order valence-electron chi connectivity index (χ1n) is 6.20. The molecule has 0 aliphatic carbocycles. The number of nitrogens with two attached hydrogens (primary N) is 1. The number of benzene rings is 2. The predicted molar refractivity (Wildman–Crippen MR) is 77.6 cm³/mol. The van der Waals surface area contributed by atoms with Crippen LogP contribution in [0.15, 0.2) is 36.4 Å². The van der Waals surface area contributed by atoms with E-state index in [0.29, 0.717) is 23.6 Å². The van der Waals surface area contributed by atoms with E-state index in [-0.39, 0.29) is 0 Å². The molecule has 0 unspecified atom stereocenters. The first kappa shape index (κ1) is 13.8. The molecule has 2 aromatic carbocycles. The molecule has 0 fully saturated rings. The molecule has 2 N–H and O–H groups in total. The Morgan fingerprint density at radius 3 is 2.70 bits per heavy atom. The van der Waals surface area contributed by atoms with E-state index in [0.717, 1.165) is 16.9 Å². The standard InChI is InChI=1S/C16H16N2O2/c1-11-14(18)4-3-5-15(11)20-10-12-6-7-13(9-17)16(8-12)19-2/h3-8H,10,18H2,1-2H3. The van der Waals surface area contributed by atoms with Gasteiger partial charge >= 0.3 is 0 Å². The minimum atomic E-state index is 0.395. The van der Waals surface area contributed by atoms with Crippen LogP contribution in [0.2, 0.25) is 0 Å². The molecule has 0 heterocycles. The van der Waals surface area contributed by atoms with Crippen molar-refractivity contribution in [3.05, 3.63) is 53.1 Å². The first-order chi connectivity index (χ1) is 9.65. The van der Waals surface area contributed by atoms with Gasteiger partial charge in [0.05, 0.1) is 12.7 Å². The second-order valence-corrected chi connectivity index (χ2v) is 4.41. The Hall–Kier alpha value is -2.67. The van der Waals surface area contributed by atoms with Crippen molar-refractivity contribution in [2.24, 2.45) is 0 Å². The van der Waals surface area contributed by atoms with Gasteiger partial charge in [-0.1, -0.05) is 12.1 Å². The van der Waals surface area contributed by atoms with Crippen LogP contribution in [-0.4, -0.2) is 7.11 Å². The molecule has 0 spiro atoms. The molecule has 2 rings (SSSR count). The van der Waals surface area contributed by atoms with Gasteiger partial charge in [-0.25, -0.2) is 0 Å². The molecule has 4 nitrogen and oxygen atoms in total. The van der Waals surface area contributed by atoms with Crippen LogP contribution in [0.1, 0.15) is 16.7 Å². The molecule has 0 atom stereocenters. The monoisotopic (exact) mass is 268 g/mol. The SMILES string of the molecule is COc1cc(COc2cccc(N)c2C)ccc1C#N. The number of nitrogens with zero attached hydrogens (tertiary/aromatic N) is 1. The van der Waals surface area contributed by atoms with Crippen molar-refractivity contribution >= 4 is 5.69 Å². The summed E-state index contributed by atoms with van der Waals surface area (Å²) in [6.45, 7) is 2.32. The molecule has 0 radical (unpaired) electrons. The van der Waals surface area contributed by atoms with Gasteiger partial charge < -0.3 is 15.2 Å². The molecule has 0 saturated heterocycles. The summed E-state index contributed by atoms with van der Waals surface area (Å²) < 4.78 is 10.9. The van der Waals surface area contributed by atoms with Gasteiger partial charge in [0.15, 0.2) is 0 Å². The molecule has 0 aromatic heterocycles. The number of ether oxygens (including phenoxy) is 2. The number of rotatable bonds is 4. The molecule has 102 valence electrons. The van der Waals surface area contributed by atoms with Crippen LogP contribution in [0.25, 0.3) is 0 Å². The lowest BCUT2D eigenvalue weighted by Crippen LogP contribution is -2.00. The van der Waals surface area contributed by atoms with Crippen molar-refractivity contribution in [3.63, 3.8) is 0 Å². The summed E-state index contributed by atoms with van der Waals surface area (Å²) >= 11 is 0. The summed E-state index contributed by atoms with van der Waals surface area (Å²) in [6, 6.07) is 13.0. The van der Waals surface area contributed by atoms with Crippen LogP contribution in [-0.2, 0) is 6.61 Å². The van der Waals surface area contributed by atoms with Gasteiger partial charge in [0.2, 0.25) is 0 Å². The maximum absolute atomic E-state index is 8.94. The Balaban J connectivity index is 2.15. The zero-order chi connectivity index (χ0) is 14.5. The Kier molecular flexibility index (Phi) is 4.11. The highest BCUT2D eigenvalue weighted by atomic mass is 16.5. The van der Waals surface area contributed by atoms with Gasteiger partial charge in [0.1, 0.15) is 24.2 Å². The lowest BCUT2D eigenvalue weighted by molar-refractivity contribution is 0.303. The van der Waals surface area contributed by atoms with E-state index in [9.17, 15) is 0 Å². The van der Waals surface area contributed by atoms with Crippen LogP contribution < -0.4 is 15.2 Å². The highest BCUT2D eigenvalue weighted by molar-refractivity contribution is 5.53. The summed E-state index contributed by atoms with van der Waals surface area (Å²) in [5.41, 5.74) is 8.91. The first-order valence-corrected chi connectivity index (χ1v) is 6.20. The van der Waals surface area contributed by atoms with Crippen molar-refractivity contribution in [2.45, 2.75) is 13.5 Å². The number of hydrogen-bond acceptors (Lipinski definition) is 4. The van der Waals surface area contributed by atoms with Gasteiger partial charge in [0.25, 0.3) is 0 Å². The van der Waals surface area contributed by atoms with Crippen molar-refractivity contribution in [1.29, 1.82) is 5.26 Å². The smallest absolute Gasteiger partial charge is 0.137 e. The number of hydrogen-bond donors (Lipinski definition) is 1. The van der Waals surface area contributed by atoms with E-state index >= 15 is 0 Å². The van der Waals surface area contributed by atoms with E-state index in [1.54, 1.807) is 19.2 Å². The van der Waals surface area contributed by atoms with Gasteiger partial charge in [-0.3, -0.25) is 0 Å². The third-order valence-corrected chi connectivity index (χ3v) is 3.11. The summed E-state index contributed by atoms with van der Waals surface area (Å²) in [5.74, 6) is 1.31. The Morgan fingerprint density at radius 2 is 2.00 bits per heavy atom. The number of nitrogen functional groups attached to an aromatic ring is 1. The fourth-order valence-corrected chi connectivity index (χ4v) is 1.87. The van der Waals surface area contributed by atoms with Crippen molar-refractivity contribution < 1.29 is 9.47 Å². The highest BCUT2D eigenvalue weighted by Crippen LogP contribution is 2.25. The van der Waals surface area contributed by atoms with Crippen LogP contribution in [0.3, 0.4) is 0 Å². The Bertz CT molecular complexity index is 660. The molecular formula is C16H16N2O2. The van der Waals surface area contributed by atoms with Crippen LogP contribution in [0, 0.1) is 18.3 Å². The van der Waals surface area contributed by atoms with Crippen LogP contribution in [0.4, 0.5) is 5.69 Å². The zero-order valence-electron chi connectivity index (χ0n) is 11.5. The molecule has 2 aromatic rings. The predicted octanol–water partition coefficient (Wildman–Crippen LogP) is 3.04. The highest BCUT2D eigenvalue weighted by Gasteiger charge is 2.06. The third kappa shape index (κ3) is 2.83. The molecule has 0 aliphatic rings. The molecule has 0 aliphatic heterocycles. The number of methoxy groups -OCH3 is 1. The van der Waals surface area contributed by atoms with E-state index < -0.39 is 0 Å². The number of nitriles is 1. The lowest BCUT2D eigenvalue weighted by Gasteiger charge is -2.11. The topological polar surface area (TPSA) is 68.3 Å². The fourth-order valence-electron chi connectivity index (χ4n) is 1.87. The van der Waals surface area contributed by atoms with Gasteiger partial charge in [-0.05, 0) is 36.8 Å². The Morgan fingerprint density at radius 1 is 1.20 bits per heavy atom. The Labute approximate surface area is 118 Å². The third-order valence-electron chi connectivity index (χ3n) is 3.11. The summed E-state index contributed by atoms with van der Waals surface area (Å²) in [4.78, 5) is 0. The van der Waals surface area contributed by atoms with E-state index in [4.69, 9.17) is 20.5 Å². The van der Waals surface area contributed by atoms with E-state index in [1.807, 2.05) is 31.2 Å². The van der Waals surface area contributed by atoms with Gasteiger partial charge in [-0.15, -0.1) is 0 Å². The minimum absolute atomic E-state index is 0.395. The molecule has 0 saturated carbocycles. The maximum atomic E-state index is 8.94. The normalized spacial score (nSPS) is 9.85. The fraction of sp³-hybridized carbons (Fsp3) is 0.188. The number of anilines is 1. The van der Waals surface area contributed by atoms with Gasteiger partial charge in [0, 0.05) is 11.3 Å². The lowest BCUT2D eigenvalue weighted by atomic mass is 10.1. The molecule has 0 bridgehead atoms. The summed E-state index contributed by atoms with van der Waals surface area (Å²) in [6.07, 6.45) is 0. The second kappa shape index (κ2) is 5.98. The minimum Gasteiger partial charge on any atom is -0.495 e. The van der Waals surface area contributed by atoms with Gasteiger partial charge in [-0.2, -0.15) is 5.26 Å². The van der Waals surface area contributed by atoms with Crippen LogP contribution >= 0.6 is 0 Å².